The van der Waals surface area contributed by atoms with Crippen molar-refractivity contribution in [2.45, 2.75) is 32.4 Å². The SMILES string of the molecule is CC[C@@H](NC(=O)N1CCc2[nH]ncc2C1)c1cccs1. The number of nitrogens with one attached hydrogen (secondary N) is 2. The van der Waals surface area contributed by atoms with E-state index in [4.69, 9.17) is 0 Å². The van der Waals surface area contributed by atoms with Crippen LogP contribution in [0.3, 0.4) is 0 Å². The van der Waals surface area contributed by atoms with E-state index in [1.54, 1.807) is 11.3 Å². The molecule has 0 spiro atoms. The van der Waals surface area contributed by atoms with Crippen LogP contribution in [-0.4, -0.2) is 27.7 Å². The van der Waals surface area contributed by atoms with E-state index in [0.29, 0.717) is 6.54 Å². The number of H-pyrrole nitrogens is 1. The van der Waals surface area contributed by atoms with Gasteiger partial charge in [-0.3, -0.25) is 5.10 Å². The molecule has 2 amide bonds. The Bertz CT molecular complexity index is 578. The van der Waals surface area contributed by atoms with Crippen molar-refractivity contribution < 1.29 is 4.79 Å². The summed E-state index contributed by atoms with van der Waals surface area (Å²) in [4.78, 5) is 15.4. The Morgan fingerprint density at radius 2 is 2.55 bits per heavy atom. The second-order valence-corrected chi connectivity index (χ2v) is 5.95. The van der Waals surface area contributed by atoms with Gasteiger partial charge in [-0.25, -0.2) is 4.79 Å². The quantitative estimate of drug-likeness (QED) is 0.913. The van der Waals surface area contributed by atoms with Crippen molar-refractivity contribution in [1.82, 2.24) is 20.4 Å². The van der Waals surface area contributed by atoms with Gasteiger partial charge in [0, 0.05) is 29.1 Å². The van der Waals surface area contributed by atoms with Crippen molar-refractivity contribution in [1.29, 1.82) is 0 Å². The molecule has 0 bridgehead atoms. The highest BCUT2D eigenvalue weighted by molar-refractivity contribution is 7.10. The Morgan fingerprint density at radius 1 is 1.65 bits per heavy atom. The standard InChI is InChI=1S/C14H18N4OS/c1-2-11(13-4-3-7-20-13)16-14(19)18-6-5-12-10(9-18)8-15-17-12/h3-4,7-8,11H,2,5-6,9H2,1H3,(H,15,17)(H,16,19)/t11-/m1/s1. The normalized spacial score (nSPS) is 15.8. The van der Waals surface area contributed by atoms with Crippen LogP contribution in [0.2, 0.25) is 0 Å². The van der Waals surface area contributed by atoms with E-state index >= 15 is 0 Å². The van der Waals surface area contributed by atoms with Crippen LogP contribution in [0, 0.1) is 0 Å². The molecule has 0 unspecified atom stereocenters. The third-order valence-electron chi connectivity index (χ3n) is 3.68. The summed E-state index contributed by atoms with van der Waals surface area (Å²) in [6.07, 6.45) is 3.56. The summed E-state index contributed by atoms with van der Waals surface area (Å²) >= 11 is 1.69. The third kappa shape index (κ3) is 2.56. The van der Waals surface area contributed by atoms with E-state index < -0.39 is 0 Å². The molecule has 0 aliphatic carbocycles. The van der Waals surface area contributed by atoms with E-state index in [2.05, 4.69) is 28.5 Å². The number of rotatable bonds is 3. The fourth-order valence-electron chi connectivity index (χ4n) is 2.50. The number of carbonyl (C=O) groups is 1. The Kier molecular flexibility index (Phi) is 3.73. The number of aromatic amines is 1. The molecule has 0 radical (unpaired) electrons. The molecule has 3 heterocycles. The smallest absolute Gasteiger partial charge is 0.318 e. The van der Waals surface area contributed by atoms with Crippen LogP contribution in [0.15, 0.2) is 23.7 Å². The maximum atomic E-state index is 12.4. The maximum absolute atomic E-state index is 12.4. The predicted octanol–water partition coefficient (Wildman–Crippen LogP) is 2.69. The van der Waals surface area contributed by atoms with Crippen molar-refractivity contribution in [3.63, 3.8) is 0 Å². The Hall–Kier alpha value is -1.82. The first-order chi connectivity index (χ1) is 9.78. The minimum atomic E-state index is 0.0112. The highest BCUT2D eigenvalue weighted by Gasteiger charge is 2.23. The molecule has 2 aromatic heterocycles. The van der Waals surface area contributed by atoms with Crippen molar-refractivity contribution in [3.05, 3.63) is 39.8 Å². The van der Waals surface area contributed by atoms with Gasteiger partial charge in [0.2, 0.25) is 0 Å². The third-order valence-corrected chi connectivity index (χ3v) is 4.67. The fraction of sp³-hybridized carbons (Fsp3) is 0.429. The number of fused-ring (bicyclic) bond motifs is 1. The molecule has 1 aliphatic rings. The Labute approximate surface area is 122 Å². The first kappa shape index (κ1) is 13.2. The summed E-state index contributed by atoms with van der Waals surface area (Å²) < 4.78 is 0. The second kappa shape index (κ2) is 5.66. The topological polar surface area (TPSA) is 61.0 Å². The zero-order valence-corrected chi connectivity index (χ0v) is 12.2. The van der Waals surface area contributed by atoms with Gasteiger partial charge in [0.25, 0.3) is 0 Å². The van der Waals surface area contributed by atoms with Gasteiger partial charge in [0.15, 0.2) is 0 Å². The summed E-state index contributed by atoms with van der Waals surface area (Å²) in [5.41, 5.74) is 2.27. The molecule has 0 fully saturated rings. The summed E-state index contributed by atoms with van der Waals surface area (Å²) in [5, 5.41) is 12.2. The zero-order chi connectivity index (χ0) is 13.9. The number of hydrogen-bond donors (Lipinski definition) is 2. The van der Waals surface area contributed by atoms with Crippen LogP contribution < -0.4 is 5.32 Å². The number of aromatic nitrogens is 2. The van der Waals surface area contributed by atoms with E-state index in [1.165, 1.54) is 4.88 Å². The molecule has 0 saturated carbocycles. The van der Waals surface area contributed by atoms with E-state index in [0.717, 1.165) is 30.6 Å². The molecular formula is C14H18N4OS. The molecule has 2 aromatic rings. The lowest BCUT2D eigenvalue weighted by Gasteiger charge is -2.28. The summed E-state index contributed by atoms with van der Waals surface area (Å²) in [6, 6.07) is 4.21. The van der Waals surface area contributed by atoms with E-state index in [1.807, 2.05) is 22.5 Å². The number of hydrogen-bond acceptors (Lipinski definition) is 3. The van der Waals surface area contributed by atoms with Crippen molar-refractivity contribution in [2.24, 2.45) is 0 Å². The summed E-state index contributed by atoms with van der Waals surface area (Å²) in [6.45, 7) is 3.47. The molecule has 1 aliphatic heterocycles. The maximum Gasteiger partial charge on any atom is 0.318 e. The van der Waals surface area contributed by atoms with Gasteiger partial charge >= 0.3 is 6.03 Å². The highest BCUT2D eigenvalue weighted by Crippen LogP contribution is 2.23. The molecule has 2 N–H and O–H groups in total. The van der Waals surface area contributed by atoms with Gasteiger partial charge in [0.1, 0.15) is 0 Å². The van der Waals surface area contributed by atoms with Crippen molar-refractivity contribution >= 4 is 17.4 Å². The molecular weight excluding hydrogens is 272 g/mol. The zero-order valence-electron chi connectivity index (χ0n) is 11.4. The number of thiophene rings is 1. The lowest BCUT2D eigenvalue weighted by Crippen LogP contribution is -2.43. The number of amides is 2. The van der Waals surface area contributed by atoms with Crippen LogP contribution >= 0.6 is 11.3 Å². The van der Waals surface area contributed by atoms with Crippen LogP contribution in [0.1, 0.15) is 35.5 Å². The Morgan fingerprint density at radius 3 is 3.30 bits per heavy atom. The lowest BCUT2D eigenvalue weighted by atomic mass is 10.1. The van der Waals surface area contributed by atoms with Crippen LogP contribution in [-0.2, 0) is 13.0 Å². The number of nitrogens with zero attached hydrogens (tertiary/aromatic N) is 2. The van der Waals surface area contributed by atoms with Gasteiger partial charge in [-0.15, -0.1) is 11.3 Å². The number of carbonyl (C=O) groups excluding carboxylic acids is 1. The van der Waals surface area contributed by atoms with Gasteiger partial charge in [-0.2, -0.15) is 5.10 Å². The second-order valence-electron chi connectivity index (χ2n) is 4.97. The lowest BCUT2D eigenvalue weighted by molar-refractivity contribution is 0.188. The van der Waals surface area contributed by atoms with E-state index in [-0.39, 0.29) is 12.1 Å². The molecule has 0 saturated heterocycles. The largest absolute Gasteiger partial charge is 0.330 e. The molecule has 3 rings (SSSR count). The summed E-state index contributed by atoms with van der Waals surface area (Å²) in [5.74, 6) is 0. The van der Waals surface area contributed by atoms with Gasteiger partial charge in [0.05, 0.1) is 18.8 Å². The first-order valence-corrected chi connectivity index (χ1v) is 7.76. The van der Waals surface area contributed by atoms with Gasteiger partial charge in [-0.05, 0) is 17.9 Å². The number of urea groups is 1. The van der Waals surface area contributed by atoms with Crippen LogP contribution in [0.5, 0.6) is 0 Å². The molecule has 6 heteroatoms. The van der Waals surface area contributed by atoms with Crippen LogP contribution in [0.4, 0.5) is 4.79 Å². The minimum Gasteiger partial charge on any atom is -0.330 e. The average molecular weight is 290 g/mol. The highest BCUT2D eigenvalue weighted by atomic mass is 32.1. The van der Waals surface area contributed by atoms with Gasteiger partial charge in [-0.1, -0.05) is 13.0 Å². The minimum absolute atomic E-state index is 0.0112. The molecule has 0 aromatic carbocycles. The molecule has 1 atom stereocenters. The Balaban J connectivity index is 1.65. The summed E-state index contributed by atoms with van der Waals surface area (Å²) in [7, 11) is 0. The molecule has 20 heavy (non-hydrogen) atoms. The predicted molar refractivity (Wildman–Crippen MR) is 78.6 cm³/mol. The van der Waals surface area contributed by atoms with Crippen molar-refractivity contribution in [3.8, 4) is 0 Å². The first-order valence-electron chi connectivity index (χ1n) is 6.88. The van der Waals surface area contributed by atoms with E-state index in [9.17, 15) is 4.79 Å². The van der Waals surface area contributed by atoms with Gasteiger partial charge < -0.3 is 10.2 Å². The van der Waals surface area contributed by atoms with Crippen LogP contribution in [0.25, 0.3) is 0 Å². The molecule has 106 valence electrons. The fourth-order valence-corrected chi connectivity index (χ4v) is 3.36. The monoisotopic (exact) mass is 290 g/mol. The van der Waals surface area contributed by atoms with Crippen molar-refractivity contribution in [2.75, 3.05) is 6.54 Å². The average Bonchev–Trinajstić information content (AvgIpc) is 3.14. The molecule has 5 nitrogen and oxygen atoms in total.